The van der Waals surface area contributed by atoms with Gasteiger partial charge in [-0.1, -0.05) is 30.3 Å². The summed E-state index contributed by atoms with van der Waals surface area (Å²) in [6.07, 6.45) is 0.807. The Kier molecular flexibility index (Phi) is 3.13. The Bertz CT molecular complexity index is 568. The monoisotopic (exact) mass is 255 g/mol. The quantitative estimate of drug-likeness (QED) is 0.896. The Morgan fingerprint density at radius 1 is 1.16 bits per heavy atom. The maximum absolute atomic E-state index is 6.26. The van der Waals surface area contributed by atoms with Crippen molar-refractivity contribution in [3.63, 3.8) is 0 Å². The smallest absolute Gasteiger partial charge is 0.126 e. The first kappa shape index (κ1) is 12.1. The molecule has 3 heteroatoms. The summed E-state index contributed by atoms with van der Waals surface area (Å²) in [6, 6.07) is 16.0. The van der Waals surface area contributed by atoms with E-state index in [1.54, 1.807) is 7.11 Å². The van der Waals surface area contributed by atoms with E-state index in [1.807, 2.05) is 36.4 Å². The molecule has 1 aliphatic rings. The van der Waals surface area contributed by atoms with Gasteiger partial charge in [-0.2, -0.15) is 0 Å². The van der Waals surface area contributed by atoms with Crippen molar-refractivity contribution < 1.29 is 9.47 Å². The van der Waals surface area contributed by atoms with Gasteiger partial charge in [-0.25, -0.2) is 0 Å². The van der Waals surface area contributed by atoms with Crippen molar-refractivity contribution in [1.29, 1.82) is 0 Å². The molecule has 0 fully saturated rings. The van der Waals surface area contributed by atoms with Crippen molar-refractivity contribution in [2.24, 2.45) is 5.73 Å². The third kappa shape index (κ3) is 2.29. The van der Waals surface area contributed by atoms with E-state index in [-0.39, 0.29) is 12.1 Å². The number of ether oxygens (including phenoxy) is 2. The van der Waals surface area contributed by atoms with Gasteiger partial charge >= 0.3 is 0 Å². The molecule has 0 aromatic heterocycles. The molecule has 98 valence electrons. The number of rotatable bonds is 2. The molecule has 2 N–H and O–H groups in total. The minimum absolute atomic E-state index is 0.0240. The van der Waals surface area contributed by atoms with E-state index in [4.69, 9.17) is 15.2 Å². The molecule has 0 saturated heterocycles. The summed E-state index contributed by atoms with van der Waals surface area (Å²) < 4.78 is 11.3. The molecule has 19 heavy (non-hydrogen) atoms. The van der Waals surface area contributed by atoms with Crippen LogP contribution < -0.4 is 15.2 Å². The molecule has 0 aliphatic carbocycles. The van der Waals surface area contributed by atoms with Crippen molar-refractivity contribution >= 4 is 0 Å². The summed E-state index contributed by atoms with van der Waals surface area (Å²) in [4.78, 5) is 0. The first-order valence-corrected chi connectivity index (χ1v) is 6.43. The maximum Gasteiger partial charge on any atom is 0.126 e. The zero-order valence-corrected chi connectivity index (χ0v) is 10.9. The van der Waals surface area contributed by atoms with Gasteiger partial charge in [0.05, 0.1) is 7.11 Å². The predicted octanol–water partition coefficient (Wildman–Crippen LogP) is 3.22. The molecule has 0 bridgehead atoms. The summed E-state index contributed by atoms with van der Waals surface area (Å²) in [6.45, 7) is 0. The lowest BCUT2D eigenvalue weighted by atomic mass is 9.93. The van der Waals surface area contributed by atoms with Crippen LogP contribution in [0.2, 0.25) is 0 Å². The van der Waals surface area contributed by atoms with E-state index in [1.165, 1.54) is 5.56 Å². The lowest BCUT2D eigenvalue weighted by Gasteiger charge is -2.30. The molecule has 1 heterocycles. The molecule has 2 aromatic carbocycles. The molecule has 0 amide bonds. The first-order chi connectivity index (χ1) is 9.28. The second kappa shape index (κ2) is 4.94. The number of hydrogen-bond donors (Lipinski definition) is 1. The van der Waals surface area contributed by atoms with Crippen LogP contribution in [0, 0.1) is 0 Å². The van der Waals surface area contributed by atoms with Crippen molar-refractivity contribution in [3.05, 3.63) is 59.7 Å². The van der Waals surface area contributed by atoms with Crippen LogP contribution in [0.1, 0.15) is 29.7 Å². The molecule has 0 radical (unpaired) electrons. The van der Waals surface area contributed by atoms with Crippen LogP contribution in [0.4, 0.5) is 0 Å². The highest BCUT2D eigenvalue weighted by Gasteiger charge is 2.27. The number of hydrogen-bond acceptors (Lipinski definition) is 3. The predicted molar refractivity (Wildman–Crippen MR) is 74.4 cm³/mol. The zero-order valence-electron chi connectivity index (χ0n) is 10.9. The van der Waals surface area contributed by atoms with Crippen molar-refractivity contribution in [3.8, 4) is 11.5 Å². The average Bonchev–Trinajstić information content (AvgIpc) is 2.48. The van der Waals surface area contributed by atoms with Gasteiger partial charge in [0.1, 0.15) is 17.6 Å². The first-order valence-electron chi connectivity index (χ1n) is 6.43. The standard InChI is InChI=1S/C16H17NO2/c1-18-12-7-8-15-13(9-12)14(17)10-16(19-15)11-5-3-2-4-6-11/h2-9,14,16H,10,17H2,1H3/t14-,16?/m1/s1. The van der Waals surface area contributed by atoms with E-state index >= 15 is 0 Å². The summed E-state index contributed by atoms with van der Waals surface area (Å²) in [7, 11) is 1.66. The fraction of sp³-hybridized carbons (Fsp3) is 0.250. The van der Waals surface area contributed by atoms with E-state index in [0.29, 0.717) is 0 Å². The third-order valence-electron chi connectivity index (χ3n) is 3.53. The van der Waals surface area contributed by atoms with E-state index in [2.05, 4.69) is 12.1 Å². The summed E-state index contributed by atoms with van der Waals surface area (Å²) in [5.74, 6) is 1.67. The SMILES string of the molecule is COc1ccc2c(c1)[C@H](N)CC(c1ccccc1)O2. The van der Waals surface area contributed by atoms with Crippen molar-refractivity contribution in [1.82, 2.24) is 0 Å². The Hall–Kier alpha value is -2.00. The molecule has 1 aliphatic heterocycles. The lowest BCUT2D eigenvalue weighted by Crippen LogP contribution is -2.24. The topological polar surface area (TPSA) is 44.5 Å². The van der Waals surface area contributed by atoms with E-state index in [0.717, 1.165) is 23.5 Å². The van der Waals surface area contributed by atoms with Crippen LogP contribution >= 0.6 is 0 Å². The van der Waals surface area contributed by atoms with Crippen molar-refractivity contribution in [2.75, 3.05) is 7.11 Å². The van der Waals surface area contributed by atoms with Gasteiger partial charge < -0.3 is 15.2 Å². The van der Waals surface area contributed by atoms with Crippen LogP contribution in [0.15, 0.2) is 48.5 Å². The average molecular weight is 255 g/mol. The minimum Gasteiger partial charge on any atom is -0.497 e. The van der Waals surface area contributed by atoms with Gasteiger partial charge in [0.2, 0.25) is 0 Å². The highest BCUT2D eigenvalue weighted by molar-refractivity contribution is 5.44. The van der Waals surface area contributed by atoms with Gasteiger partial charge in [0.25, 0.3) is 0 Å². The highest BCUT2D eigenvalue weighted by Crippen LogP contribution is 2.40. The summed E-state index contributed by atoms with van der Waals surface area (Å²) in [5, 5.41) is 0. The fourth-order valence-corrected chi connectivity index (χ4v) is 2.48. The lowest BCUT2D eigenvalue weighted by molar-refractivity contribution is 0.161. The molecular formula is C16H17NO2. The molecule has 0 spiro atoms. The second-order valence-corrected chi connectivity index (χ2v) is 4.76. The highest BCUT2D eigenvalue weighted by atomic mass is 16.5. The third-order valence-corrected chi connectivity index (χ3v) is 3.53. The van der Waals surface area contributed by atoms with Gasteiger partial charge in [0.15, 0.2) is 0 Å². The molecule has 3 rings (SSSR count). The largest absolute Gasteiger partial charge is 0.497 e. The van der Waals surface area contributed by atoms with Crippen LogP contribution in [0.3, 0.4) is 0 Å². The summed E-state index contributed by atoms with van der Waals surface area (Å²) >= 11 is 0. The van der Waals surface area contributed by atoms with E-state index in [9.17, 15) is 0 Å². The molecule has 2 atom stereocenters. The minimum atomic E-state index is -0.0240. The van der Waals surface area contributed by atoms with Gasteiger partial charge in [-0.3, -0.25) is 0 Å². The van der Waals surface area contributed by atoms with Crippen LogP contribution in [0.5, 0.6) is 11.5 Å². The van der Waals surface area contributed by atoms with Gasteiger partial charge in [-0.15, -0.1) is 0 Å². The molecule has 1 unspecified atom stereocenters. The molecule has 2 aromatic rings. The van der Waals surface area contributed by atoms with Crippen LogP contribution in [-0.4, -0.2) is 7.11 Å². The molecule has 0 saturated carbocycles. The fourth-order valence-electron chi connectivity index (χ4n) is 2.48. The number of nitrogens with two attached hydrogens (primary N) is 1. The summed E-state index contributed by atoms with van der Waals surface area (Å²) in [5.41, 5.74) is 8.45. The Balaban J connectivity index is 1.92. The van der Waals surface area contributed by atoms with Gasteiger partial charge in [0, 0.05) is 18.0 Å². The maximum atomic E-state index is 6.26. The van der Waals surface area contributed by atoms with E-state index < -0.39 is 0 Å². The number of benzene rings is 2. The second-order valence-electron chi connectivity index (χ2n) is 4.76. The Labute approximate surface area is 113 Å². The molecule has 3 nitrogen and oxygen atoms in total. The van der Waals surface area contributed by atoms with Gasteiger partial charge in [-0.05, 0) is 23.8 Å². The van der Waals surface area contributed by atoms with Crippen LogP contribution in [-0.2, 0) is 0 Å². The number of methoxy groups -OCH3 is 1. The normalized spacial score (nSPS) is 21.4. The Morgan fingerprint density at radius 3 is 2.68 bits per heavy atom. The van der Waals surface area contributed by atoms with Crippen LogP contribution in [0.25, 0.3) is 0 Å². The van der Waals surface area contributed by atoms with Crippen molar-refractivity contribution in [2.45, 2.75) is 18.6 Å². The Morgan fingerprint density at radius 2 is 1.95 bits per heavy atom. The number of fused-ring (bicyclic) bond motifs is 1. The molecular weight excluding hydrogens is 238 g/mol. The zero-order chi connectivity index (χ0) is 13.2.